The van der Waals surface area contributed by atoms with E-state index >= 15 is 0 Å². The fraction of sp³-hybridized carbons (Fsp3) is 0.188. The van der Waals surface area contributed by atoms with Gasteiger partial charge in [0, 0.05) is 12.7 Å². The first-order valence-electron chi connectivity index (χ1n) is 7.21. The Morgan fingerprint density at radius 2 is 1.72 bits per heavy atom. The van der Waals surface area contributed by atoms with Crippen molar-refractivity contribution in [2.75, 3.05) is 12.4 Å². The maximum Gasteiger partial charge on any atom is 0.322 e. The van der Waals surface area contributed by atoms with Gasteiger partial charge in [-0.25, -0.2) is 27.1 Å². The first-order chi connectivity index (χ1) is 11.6. The minimum atomic E-state index is -3.81. The van der Waals surface area contributed by atoms with E-state index in [0.29, 0.717) is 11.3 Å². The van der Waals surface area contributed by atoms with E-state index in [4.69, 9.17) is 5.14 Å². The zero-order chi connectivity index (χ0) is 18.8. The van der Waals surface area contributed by atoms with Crippen molar-refractivity contribution in [3.05, 3.63) is 59.7 Å². The predicted molar refractivity (Wildman–Crippen MR) is 89.4 cm³/mol. The summed E-state index contributed by atoms with van der Waals surface area (Å²) in [5.41, 5.74) is 0.794. The van der Waals surface area contributed by atoms with E-state index in [9.17, 15) is 22.0 Å². The number of benzene rings is 2. The van der Waals surface area contributed by atoms with Crippen molar-refractivity contribution in [1.82, 2.24) is 4.90 Å². The molecule has 0 fully saturated rings. The largest absolute Gasteiger partial charge is 0.322 e. The molecule has 2 aromatic carbocycles. The average molecular weight is 369 g/mol. The molecule has 0 aromatic heterocycles. The summed E-state index contributed by atoms with van der Waals surface area (Å²) in [5.74, 6) is -1.95. The number of hydrogen-bond donors (Lipinski definition) is 2. The minimum absolute atomic E-state index is 0.0750. The van der Waals surface area contributed by atoms with E-state index in [1.807, 2.05) is 0 Å². The number of urea groups is 1. The maximum absolute atomic E-state index is 13.3. The number of carbonyl (C=O) groups is 1. The van der Waals surface area contributed by atoms with Gasteiger partial charge in [-0.05, 0) is 48.9 Å². The molecule has 0 aliphatic heterocycles. The summed E-state index contributed by atoms with van der Waals surface area (Å²) in [4.78, 5) is 13.5. The van der Waals surface area contributed by atoms with Crippen LogP contribution in [0.25, 0.3) is 0 Å². The molecule has 0 bridgehead atoms. The van der Waals surface area contributed by atoms with Crippen LogP contribution in [-0.4, -0.2) is 26.4 Å². The number of nitrogens with two attached hydrogens (primary N) is 1. The standard InChI is InChI=1S/C16H17F2N3O3S/c1-10(11-3-8-14(17)15(18)9-11)21(2)16(22)20-12-4-6-13(7-5-12)25(19,23)24/h3-10H,1-2H3,(H,20,22)(H2,19,23,24). The van der Waals surface area contributed by atoms with Gasteiger partial charge < -0.3 is 10.2 Å². The Balaban J connectivity index is 2.10. The molecule has 3 N–H and O–H groups in total. The molecule has 0 aliphatic rings. The lowest BCUT2D eigenvalue weighted by Crippen LogP contribution is -2.33. The molecule has 0 saturated carbocycles. The summed E-state index contributed by atoms with van der Waals surface area (Å²) in [5, 5.41) is 7.58. The van der Waals surface area contributed by atoms with Gasteiger partial charge in [-0.3, -0.25) is 0 Å². The number of sulfonamides is 1. The highest BCUT2D eigenvalue weighted by molar-refractivity contribution is 7.89. The number of amides is 2. The highest BCUT2D eigenvalue weighted by Crippen LogP contribution is 2.22. The Morgan fingerprint density at radius 1 is 1.12 bits per heavy atom. The first kappa shape index (κ1) is 18.8. The lowest BCUT2D eigenvalue weighted by molar-refractivity contribution is 0.208. The molecule has 2 aromatic rings. The molecule has 1 atom stereocenters. The number of rotatable bonds is 4. The molecule has 6 nitrogen and oxygen atoms in total. The quantitative estimate of drug-likeness (QED) is 0.868. The summed E-state index contributed by atoms with van der Waals surface area (Å²) in [6.45, 7) is 1.66. The SMILES string of the molecule is CC(c1ccc(F)c(F)c1)N(C)C(=O)Nc1ccc(S(N)(=O)=O)cc1. The highest BCUT2D eigenvalue weighted by Gasteiger charge is 2.19. The van der Waals surface area contributed by atoms with Gasteiger partial charge in [-0.1, -0.05) is 6.07 Å². The van der Waals surface area contributed by atoms with Gasteiger partial charge in [0.25, 0.3) is 0 Å². The topological polar surface area (TPSA) is 92.5 Å². The molecule has 0 saturated heterocycles. The summed E-state index contributed by atoms with van der Waals surface area (Å²) >= 11 is 0. The number of nitrogens with zero attached hydrogens (tertiary/aromatic N) is 1. The predicted octanol–water partition coefficient (Wildman–Crippen LogP) is 2.84. The minimum Gasteiger partial charge on any atom is -0.321 e. The van der Waals surface area contributed by atoms with Crippen LogP contribution < -0.4 is 10.5 Å². The molecule has 1 unspecified atom stereocenters. The van der Waals surface area contributed by atoms with Crippen molar-refractivity contribution in [3.8, 4) is 0 Å². The Labute approximate surface area is 144 Å². The molecule has 0 spiro atoms. The van der Waals surface area contributed by atoms with E-state index in [0.717, 1.165) is 12.1 Å². The van der Waals surface area contributed by atoms with Crippen LogP contribution in [0, 0.1) is 11.6 Å². The number of carbonyl (C=O) groups excluding carboxylic acids is 1. The van der Waals surface area contributed by atoms with E-state index < -0.39 is 33.7 Å². The van der Waals surface area contributed by atoms with Gasteiger partial charge in [0.2, 0.25) is 10.0 Å². The molecule has 0 radical (unpaired) electrons. The first-order valence-corrected chi connectivity index (χ1v) is 8.76. The Bertz CT molecular complexity index is 886. The molecule has 0 aliphatic carbocycles. The van der Waals surface area contributed by atoms with Crippen molar-refractivity contribution in [2.24, 2.45) is 5.14 Å². The molecule has 134 valence electrons. The second-order valence-corrected chi connectivity index (χ2v) is 7.02. The molecule has 2 amide bonds. The van der Waals surface area contributed by atoms with E-state index in [2.05, 4.69) is 5.32 Å². The molecule has 25 heavy (non-hydrogen) atoms. The Kier molecular flexibility index (Phi) is 5.39. The van der Waals surface area contributed by atoms with Crippen LogP contribution in [-0.2, 0) is 10.0 Å². The van der Waals surface area contributed by atoms with Gasteiger partial charge >= 0.3 is 6.03 Å². The lowest BCUT2D eigenvalue weighted by atomic mass is 10.1. The normalized spacial score (nSPS) is 12.5. The number of anilines is 1. The van der Waals surface area contributed by atoms with E-state index in [-0.39, 0.29) is 4.90 Å². The Morgan fingerprint density at radius 3 is 2.24 bits per heavy atom. The highest BCUT2D eigenvalue weighted by atomic mass is 32.2. The average Bonchev–Trinajstić information content (AvgIpc) is 2.55. The fourth-order valence-corrected chi connectivity index (χ4v) is 2.63. The number of hydrogen-bond acceptors (Lipinski definition) is 3. The van der Waals surface area contributed by atoms with Gasteiger partial charge in [0.05, 0.1) is 10.9 Å². The number of halogens is 2. The van der Waals surface area contributed by atoms with Crippen LogP contribution in [0.5, 0.6) is 0 Å². The third kappa shape index (κ3) is 4.52. The zero-order valence-corrected chi connectivity index (χ0v) is 14.3. The molecule has 9 heteroatoms. The summed E-state index contributed by atoms with van der Waals surface area (Å²) < 4.78 is 48.7. The summed E-state index contributed by atoms with van der Waals surface area (Å²) in [6, 6.07) is 7.74. The van der Waals surface area contributed by atoms with Crippen LogP contribution >= 0.6 is 0 Å². The molecular weight excluding hydrogens is 352 g/mol. The number of primary sulfonamides is 1. The summed E-state index contributed by atoms with van der Waals surface area (Å²) in [6.07, 6.45) is 0. The second-order valence-electron chi connectivity index (χ2n) is 5.46. The van der Waals surface area contributed by atoms with Crippen molar-refractivity contribution in [2.45, 2.75) is 17.9 Å². The molecule has 2 rings (SSSR count). The van der Waals surface area contributed by atoms with Gasteiger partial charge in [-0.15, -0.1) is 0 Å². The monoisotopic (exact) mass is 369 g/mol. The van der Waals surface area contributed by atoms with Crippen molar-refractivity contribution in [1.29, 1.82) is 0 Å². The third-order valence-electron chi connectivity index (χ3n) is 3.76. The smallest absolute Gasteiger partial charge is 0.321 e. The maximum atomic E-state index is 13.3. The van der Waals surface area contributed by atoms with E-state index in [1.54, 1.807) is 6.92 Å². The lowest BCUT2D eigenvalue weighted by Gasteiger charge is -2.25. The molecular formula is C16H17F2N3O3S. The van der Waals surface area contributed by atoms with Crippen molar-refractivity contribution >= 4 is 21.7 Å². The van der Waals surface area contributed by atoms with Crippen LogP contribution in [0.3, 0.4) is 0 Å². The molecule has 0 heterocycles. The van der Waals surface area contributed by atoms with Crippen molar-refractivity contribution < 1.29 is 22.0 Å². The zero-order valence-electron chi connectivity index (χ0n) is 13.5. The second kappa shape index (κ2) is 7.16. The Hall–Kier alpha value is -2.52. The van der Waals surface area contributed by atoms with Gasteiger partial charge in [0.15, 0.2) is 11.6 Å². The third-order valence-corrected chi connectivity index (χ3v) is 4.69. The van der Waals surface area contributed by atoms with Crippen LogP contribution in [0.1, 0.15) is 18.5 Å². The van der Waals surface area contributed by atoms with Gasteiger partial charge in [0.1, 0.15) is 0 Å². The van der Waals surface area contributed by atoms with Crippen molar-refractivity contribution in [3.63, 3.8) is 0 Å². The summed E-state index contributed by atoms with van der Waals surface area (Å²) in [7, 11) is -2.31. The van der Waals surface area contributed by atoms with Crippen LogP contribution in [0.2, 0.25) is 0 Å². The number of nitrogens with one attached hydrogen (secondary N) is 1. The van der Waals surface area contributed by atoms with Gasteiger partial charge in [-0.2, -0.15) is 0 Å². The fourth-order valence-electron chi connectivity index (χ4n) is 2.11. The van der Waals surface area contributed by atoms with Crippen LogP contribution in [0.15, 0.2) is 47.4 Å². The van der Waals surface area contributed by atoms with E-state index in [1.165, 1.54) is 42.3 Å². The van der Waals surface area contributed by atoms with Crippen LogP contribution in [0.4, 0.5) is 19.3 Å².